The van der Waals surface area contributed by atoms with Crippen LogP contribution in [0.4, 0.5) is 45.2 Å². The van der Waals surface area contributed by atoms with E-state index in [1.807, 2.05) is 0 Å². The van der Waals surface area contributed by atoms with Crippen LogP contribution in [-0.4, -0.2) is 70.9 Å². The minimum absolute atomic E-state index is 0.0421. The van der Waals surface area contributed by atoms with Crippen LogP contribution in [0.25, 0.3) is 0 Å². The maximum absolute atomic E-state index is 13.1. The van der Waals surface area contributed by atoms with Gasteiger partial charge in [0.2, 0.25) is 0 Å². The van der Waals surface area contributed by atoms with Crippen molar-refractivity contribution in [1.29, 1.82) is 0 Å². The van der Waals surface area contributed by atoms with Crippen LogP contribution in [0.3, 0.4) is 0 Å². The third kappa shape index (κ3) is 12.5. The molecule has 3 aromatic rings. The van der Waals surface area contributed by atoms with Crippen molar-refractivity contribution in [1.82, 2.24) is 0 Å². The number of alkyl halides is 10. The Morgan fingerprint density at radius 1 is 0.712 bits per heavy atom. The molecule has 4 N–H and O–H groups in total. The van der Waals surface area contributed by atoms with Crippen molar-refractivity contribution < 1.29 is 92.6 Å². The topological polar surface area (TPSA) is 189 Å². The second-order valence-corrected chi connectivity index (χ2v) is 15.2. The lowest BCUT2D eigenvalue weighted by Crippen LogP contribution is -2.42. The molecule has 0 bridgehead atoms. The summed E-state index contributed by atoms with van der Waals surface area (Å²) in [6.07, 6.45) is -14.8. The monoisotopic (exact) mass is 919 g/mol. The minimum atomic E-state index is -4.84. The fourth-order valence-corrected chi connectivity index (χ4v) is 5.02. The maximum atomic E-state index is 13.1. The highest BCUT2D eigenvalue weighted by Crippen LogP contribution is 2.41. The van der Waals surface area contributed by atoms with E-state index in [0.717, 1.165) is 45.6 Å². The van der Waals surface area contributed by atoms with E-state index < -0.39 is 91.2 Å². The number of carbonyl (C=O) groups excluding carboxylic acids is 5. The lowest BCUT2D eigenvalue weighted by molar-refractivity contribution is -0.139. The fourth-order valence-electron chi connectivity index (χ4n) is 4.88. The van der Waals surface area contributed by atoms with E-state index in [4.69, 9.17) is 15.6 Å². The number of anilines is 1. The summed E-state index contributed by atoms with van der Waals surface area (Å²) in [5.74, 6) is -5.59. The molecule has 0 saturated carbocycles. The van der Waals surface area contributed by atoms with Gasteiger partial charge in [-0.3, -0.25) is 9.59 Å². The molecule has 0 radical (unpaired) electrons. The van der Waals surface area contributed by atoms with Gasteiger partial charge in [-0.1, -0.05) is 15.9 Å². The first-order chi connectivity index (χ1) is 26.7. The Labute approximate surface area is 337 Å². The summed E-state index contributed by atoms with van der Waals surface area (Å²) in [7, 11) is 2.89. The number of Topliss-reactive ketones (excluding diaryl/α,β-unsaturated/α-hetero) is 2. The Hall–Kier alpha value is -5.54. The molecule has 0 aliphatic carbocycles. The van der Waals surface area contributed by atoms with Gasteiger partial charge in [0.1, 0.15) is 17.2 Å². The number of phenolic OH excluding ortho intramolecular Hbond substituents is 2. The van der Waals surface area contributed by atoms with Crippen molar-refractivity contribution >= 4 is 51.1 Å². The molecule has 4 rings (SSSR count). The van der Waals surface area contributed by atoms with Gasteiger partial charge in [-0.25, -0.2) is 14.4 Å². The first-order valence-electron chi connectivity index (χ1n) is 16.3. The summed E-state index contributed by atoms with van der Waals surface area (Å²) in [5.41, 5.74) is -2.00. The van der Waals surface area contributed by atoms with Crippen molar-refractivity contribution in [2.45, 2.75) is 69.0 Å². The van der Waals surface area contributed by atoms with Crippen molar-refractivity contribution in [3.8, 4) is 17.2 Å². The standard InChI is InChI=1S/C14H14BrF3O4.C14H13F3O4.C9H8F3NO3/c1-13(2,15)11(20)5-7-4-8(12(21)22-3)9(6-10(7)19)14(16,17)18;1-13(2)11(18)5-7-4-8(12(19)20-3)9(14(15,16)17)6-10(7)21-13;1-16-8(15)4-2-6(13)7(14)3-5(4)9(10,11)12/h4,6,19H,5H2,1-3H3;4,6H,5H2,1-3H3;2-3,14H,13H2,1H3. The molecular formula is C37H35BrF9NO11. The van der Waals surface area contributed by atoms with Crippen molar-refractivity contribution in [3.05, 3.63) is 80.9 Å². The van der Waals surface area contributed by atoms with Gasteiger partial charge in [0, 0.05) is 24.0 Å². The molecule has 59 heavy (non-hydrogen) atoms. The molecule has 0 saturated heterocycles. The number of aromatic hydroxyl groups is 2. The normalized spacial score (nSPS) is 13.6. The number of hydrogen-bond acceptors (Lipinski definition) is 12. The number of carbonyl (C=O) groups is 5. The summed E-state index contributed by atoms with van der Waals surface area (Å²) >= 11 is 3.13. The number of nitrogens with two attached hydrogens (primary N) is 1. The van der Waals surface area contributed by atoms with E-state index in [1.54, 1.807) is 13.8 Å². The van der Waals surface area contributed by atoms with E-state index >= 15 is 0 Å². The highest BCUT2D eigenvalue weighted by atomic mass is 79.9. The van der Waals surface area contributed by atoms with Crippen LogP contribution in [0.2, 0.25) is 0 Å². The van der Waals surface area contributed by atoms with Gasteiger partial charge in [0.05, 0.1) is 64.7 Å². The Bertz CT molecular complexity index is 2120. The van der Waals surface area contributed by atoms with E-state index in [0.29, 0.717) is 12.1 Å². The number of methoxy groups -OCH3 is 3. The van der Waals surface area contributed by atoms with Gasteiger partial charge >= 0.3 is 36.4 Å². The molecule has 0 amide bonds. The van der Waals surface area contributed by atoms with Gasteiger partial charge in [-0.2, -0.15) is 39.5 Å². The number of rotatable bonds is 6. The number of ether oxygens (including phenoxy) is 4. The van der Waals surface area contributed by atoms with Gasteiger partial charge in [-0.15, -0.1) is 0 Å². The highest BCUT2D eigenvalue weighted by Gasteiger charge is 2.42. The predicted molar refractivity (Wildman–Crippen MR) is 191 cm³/mol. The van der Waals surface area contributed by atoms with Crippen LogP contribution < -0.4 is 10.5 Å². The molecule has 0 aromatic heterocycles. The van der Waals surface area contributed by atoms with Crippen LogP contribution in [0, 0.1) is 0 Å². The molecule has 0 unspecified atom stereocenters. The maximum Gasteiger partial charge on any atom is 0.417 e. The van der Waals surface area contributed by atoms with Crippen LogP contribution in [0.15, 0.2) is 36.4 Å². The summed E-state index contributed by atoms with van der Waals surface area (Å²) in [4.78, 5) is 57.9. The lowest BCUT2D eigenvalue weighted by atomic mass is 9.90. The Balaban J connectivity index is 0.000000309. The average molecular weight is 921 g/mol. The molecule has 1 heterocycles. The van der Waals surface area contributed by atoms with Crippen LogP contribution >= 0.6 is 15.9 Å². The SMILES string of the molecule is COC(=O)c1cc(CC(=O)C(C)(C)Br)c(O)cc1C(F)(F)F.COC(=O)c1cc(N)c(O)cc1C(F)(F)F.COC(=O)c1cc2c(cc1C(F)(F)F)OC(C)(C)C(=O)C2. The number of benzene rings is 3. The quantitative estimate of drug-likeness (QED) is 0.0540. The smallest absolute Gasteiger partial charge is 0.417 e. The zero-order valence-corrected chi connectivity index (χ0v) is 33.4. The molecule has 0 atom stereocenters. The molecule has 1 aliphatic rings. The van der Waals surface area contributed by atoms with Gasteiger partial charge < -0.3 is 34.9 Å². The number of ketones is 2. The first kappa shape index (κ1) is 49.6. The van der Waals surface area contributed by atoms with Gasteiger partial charge in [0.25, 0.3) is 0 Å². The van der Waals surface area contributed by atoms with Gasteiger partial charge in [-0.05, 0) is 64.1 Å². The van der Waals surface area contributed by atoms with Crippen molar-refractivity contribution in [2.75, 3.05) is 27.1 Å². The molecule has 1 aliphatic heterocycles. The summed E-state index contributed by atoms with van der Waals surface area (Å²) in [5, 5.41) is 18.8. The van der Waals surface area contributed by atoms with E-state index in [2.05, 4.69) is 30.1 Å². The Morgan fingerprint density at radius 2 is 1.10 bits per heavy atom. The lowest BCUT2D eigenvalue weighted by Gasteiger charge is -2.32. The first-order valence-corrected chi connectivity index (χ1v) is 17.1. The largest absolute Gasteiger partial charge is 0.508 e. The zero-order valence-electron chi connectivity index (χ0n) is 31.8. The van der Waals surface area contributed by atoms with Gasteiger partial charge in [0.15, 0.2) is 17.2 Å². The molecular weight excluding hydrogens is 885 g/mol. The average Bonchev–Trinajstić information content (AvgIpc) is 3.10. The van der Waals surface area contributed by atoms with E-state index in [9.17, 15) is 68.6 Å². The molecule has 324 valence electrons. The molecule has 0 spiro atoms. The second kappa shape index (κ2) is 18.2. The Kier molecular flexibility index (Phi) is 15.3. The molecule has 0 fully saturated rings. The molecule has 22 heteroatoms. The molecule has 12 nitrogen and oxygen atoms in total. The number of nitrogen functional groups attached to an aromatic ring is 1. The number of fused-ring (bicyclic) bond motifs is 1. The van der Waals surface area contributed by atoms with Crippen LogP contribution in [-0.2, 0) is 55.2 Å². The van der Waals surface area contributed by atoms with Crippen molar-refractivity contribution in [3.63, 3.8) is 0 Å². The minimum Gasteiger partial charge on any atom is -0.508 e. The number of phenols is 2. The Morgan fingerprint density at radius 3 is 1.51 bits per heavy atom. The van der Waals surface area contributed by atoms with Crippen LogP contribution in [0.1, 0.15) is 86.6 Å². The van der Waals surface area contributed by atoms with E-state index in [1.165, 1.54) is 13.8 Å². The summed E-state index contributed by atoms with van der Waals surface area (Å²) < 4.78 is 133. The molecule has 3 aromatic carbocycles. The third-order valence-corrected chi connectivity index (χ3v) is 8.56. The fraction of sp³-hybridized carbons (Fsp3) is 0.378. The van der Waals surface area contributed by atoms with Crippen molar-refractivity contribution in [2.24, 2.45) is 0 Å². The highest BCUT2D eigenvalue weighted by molar-refractivity contribution is 9.10. The number of esters is 3. The number of hydrogen-bond donors (Lipinski definition) is 3. The zero-order chi connectivity index (χ0) is 45.8. The van der Waals surface area contributed by atoms with Crippen LogP contribution in [0.5, 0.6) is 17.2 Å². The van der Waals surface area contributed by atoms with E-state index in [-0.39, 0.29) is 47.0 Å². The predicted octanol–water partition coefficient (Wildman–Crippen LogP) is 8.04. The number of halogens is 10. The summed E-state index contributed by atoms with van der Waals surface area (Å²) in [6, 6.07) is 4.13. The summed E-state index contributed by atoms with van der Waals surface area (Å²) in [6.45, 7) is 6.11. The third-order valence-electron chi connectivity index (χ3n) is 8.12. The second-order valence-electron chi connectivity index (χ2n) is 13.2.